The number of Topliss-reactive ketones (excluding diaryl/α,β-unsaturated/α-hetero) is 1. The molecule has 3 fully saturated rings. The lowest BCUT2D eigenvalue weighted by atomic mass is 9.52. The zero-order valence-corrected chi connectivity index (χ0v) is 11.5. The Kier molecular flexibility index (Phi) is 2.30. The van der Waals surface area contributed by atoms with Gasteiger partial charge < -0.3 is 4.74 Å². The van der Waals surface area contributed by atoms with E-state index in [4.69, 9.17) is 4.74 Å². The van der Waals surface area contributed by atoms with Crippen molar-refractivity contribution in [1.29, 1.82) is 0 Å². The van der Waals surface area contributed by atoms with Crippen molar-refractivity contribution in [2.24, 2.45) is 22.7 Å². The summed E-state index contributed by atoms with van der Waals surface area (Å²) >= 11 is 0. The van der Waals surface area contributed by atoms with Crippen LogP contribution in [0.3, 0.4) is 0 Å². The van der Waals surface area contributed by atoms with Gasteiger partial charge in [-0.15, -0.1) is 0 Å². The molecule has 6 atom stereocenters. The van der Waals surface area contributed by atoms with Crippen molar-refractivity contribution in [1.82, 2.24) is 0 Å². The summed E-state index contributed by atoms with van der Waals surface area (Å²) in [5.41, 5.74) is 0.374. The number of rotatable bonds is 0. The molecule has 2 nitrogen and oxygen atoms in total. The van der Waals surface area contributed by atoms with Crippen molar-refractivity contribution in [2.75, 3.05) is 0 Å². The summed E-state index contributed by atoms with van der Waals surface area (Å²) in [7, 11) is 0. The van der Waals surface area contributed by atoms with E-state index in [0.717, 1.165) is 18.8 Å². The van der Waals surface area contributed by atoms with Crippen LogP contribution in [0.15, 0.2) is 0 Å². The second kappa shape index (κ2) is 3.34. The molecule has 1 heterocycles. The minimum atomic E-state index is -0.108. The van der Waals surface area contributed by atoms with Gasteiger partial charge in [-0.3, -0.25) is 4.79 Å². The lowest BCUT2D eigenvalue weighted by Crippen LogP contribution is -2.57. The molecular formula is C15H24O2. The van der Waals surface area contributed by atoms with Crippen LogP contribution in [0.4, 0.5) is 0 Å². The van der Waals surface area contributed by atoms with Gasteiger partial charge in [0, 0.05) is 6.42 Å². The van der Waals surface area contributed by atoms with Gasteiger partial charge in [0.25, 0.3) is 0 Å². The largest absolute Gasteiger partial charge is 0.366 e. The van der Waals surface area contributed by atoms with Gasteiger partial charge in [-0.25, -0.2) is 0 Å². The van der Waals surface area contributed by atoms with Crippen LogP contribution in [0.25, 0.3) is 0 Å². The minimum Gasteiger partial charge on any atom is -0.366 e. The van der Waals surface area contributed by atoms with Gasteiger partial charge in [0.2, 0.25) is 0 Å². The molecule has 0 aromatic rings. The second-order valence-corrected chi connectivity index (χ2v) is 7.19. The molecule has 3 aliphatic rings. The van der Waals surface area contributed by atoms with Crippen LogP contribution in [0.5, 0.6) is 0 Å². The fourth-order valence-electron chi connectivity index (χ4n) is 4.64. The average Bonchev–Trinajstić information content (AvgIpc) is 2.42. The first-order chi connectivity index (χ1) is 7.88. The summed E-state index contributed by atoms with van der Waals surface area (Å²) in [6.07, 6.45) is 4.59. The van der Waals surface area contributed by atoms with Gasteiger partial charge in [-0.05, 0) is 41.9 Å². The highest BCUT2D eigenvalue weighted by molar-refractivity contribution is 5.87. The van der Waals surface area contributed by atoms with Crippen LogP contribution in [0, 0.1) is 22.7 Å². The molecule has 3 rings (SSSR count). The van der Waals surface area contributed by atoms with Gasteiger partial charge in [0.15, 0.2) is 5.78 Å². The standard InChI is InChI=1S/C15H24O2/c1-9-5-6-14(3)12(7-9)17-13-10(2)15(14,4)8-11(13)16/h9-10,12-13H,5-8H2,1-4H3/t9-,10-,12-,13+,14+,15+/m1/s1. The summed E-state index contributed by atoms with van der Waals surface area (Å²) in [4.78, 5) is 12.1. The molecule has 2 saturated carbocycles. The Labute approximate surface area is 104 Å². The SMILES string of the molecule is C[C@@H]1CC[C@@]2(C)[C@@H](C1)O[C@@H]1C(=O)C[C@@]2(C)[C@@H]1C. The lowest BCUT2D eigenvalue weighted by molar-refractivity contribution is -0.210. The number of ketones is 1. The summed E-state index contributed by atoms with van der Waals surface area (Å²) in [6, 6.07) is 0. The molecule has 0 radical (unpaired) electrons. The Morgan fingerprint density at radius 3 is 2.65 bits per heavy atom. The molecule has 0 aromatic heterocycles. The van der Waals surface area contributed by atoms with Crippen LogP contribution in [0.1, 0.15) is 53.4 Å². The first-order valence-corrected chi connectivity index (χ1v) is 7.06. The van der Waals surface area contributed by atoms with E-state index in [0.29, 0.717) is 17.8 Å². The Balaban J connectivity index is 2.03. The normalized spacial score (nSPS) is 58.0. The molecule has 0 N–H and O–H groups in total. The quantitative estimate of drug-likeness (QED) is 0.645. The summed E-state index contributed by atoms with van der Waals surface area (Å²) in [5, 5.41) is 0. The zero-order chi connectivity index (χ0) is 12.4. The highest BCUT2D eigenvalue weighted by Gasteiger charge is 2.65. The van der Waals surface area contributed by atoms with E-state index in [1.807, 2.05) is 0 Å². The van der Waals surface area contributed by atoms with Crippen molar-refractivity contribution >= 4 is 5.78 Å². The van der Waals surface area contributed by atoms with Gasteiger partial charge in [0.05, 0.1) is 6.10 Å². The molecule has 96 valence electrons. The average molecular weight is 236 g/mol. The number of hydrogen-bond donors (Lipinski definition) is 0. The first kappa shape index (κ1) is 11.7. The molecule has 17 heavy (non-hydrogen) atoms. The zero-order valence-electron chi connectivity index (χ0n) is 11.5. The third kappa shape index (κ3) is 1.28. The Hall–Kier alpha value is -0.370. The molecule has 0 aromatic carbocycles. The van der Waals surface area contributed by atoms with E-state index in [9.17, 15) is 4.79 Å². The van der Waals surface area contributed by atoms with E-state index in [2.05, 4.69) is 27.7 Å². The molecule has 1 aliphatic heterocycles. The second-order valence-electron chi connectivity index (χ2n) is 7.19. The smallest absolute Gasteiger partial charge is 0.162 e. The number of fused-ring (bicyclic) bond motifs is 4. The fourth-order valence-corrected chi connectivity index (χ4v) is 4.64. The molecule has 1 saturated heterocycles. The number of carbonyl (C=O) groups excluding carboxylic acids is 1. The number of carbonyl (C=O) groups is 1. The van der Waals surface area contributed by atoms with E-state index < -0.39 is 0 Å². The molecule has 0 amide bonds. The maximum absolute atomic E-state index is 12.1. The maximum atomic E-state index is 12.1. The van der Waals surface area contributed by atoms with Crippen LogP contribution in [0.2, 0.25) is 0 Å². The molecule has 0 unspecified atom stereocenters. The van der Waals surface area contributed by atoms with Gasteiger partial charge in [-0.2, -0.15) is 0 Å². The highest BCUT2D eigenvalue weighted by Crippen LogP contribution is 2.64. The molecular weight excluding hydrogens is 212 g/mol. The van der Waals surface area contributed by atoms with Gasteiger partial charge >= 0.3 is 0 Å². The molecule has 2 heteroatoms. The summed E-state index contributed by atoms with van der Waals surface area (Å²) in [6.45, 7) is 9.23. The monoisotopic (exact) mass is 236 g/mol. The van der Waals surface area contributed by atoms with E-state index in [1.165, 1.54) is 12.8 Å². The van der Waals surface area contributed by atoms with Crippen molar-refractivity contribution in [3.8, 4) is 0 Å². The molecule has 2 bridgehead atoms. The third-order valence-electron chi connectivity index (χ3n) is 6.42. The van der Waals surface area contributed by atoms with Gasteiger partial charge in [0.1, 0.15) is 6.10 Å². The van der Waals surface area contributed by atoms with E-state index >= 15 is 0 Å². The Morgan fingerprint density at radius 1 is 1.24 bits per heavy atom. The highest BCUT2D eigenvalue weighted by atomic mass is 16.5. The minimum absolute atomic E-state index is 0.108. The Morgan fingerprint density at radius 2 is 1.94 bits per heavy atom. The summed E-state index contributed by atoms with van der Waals surface area (Å²) in [5.74, 6) is 1.49. The van der Waals surface area contributed by atoms with E-state index in [1.54, 1.807) is 0 Å². The molecule has 0 spiro atoms. The predicted octanol–water partition coefficient (Wildman–Crippen LogP) is 3.20. The first-order valence-electron chi connectivity index (χ1n) is 7.06. The van der Waals surface area contributed by atoms with Crippen molar-refractivity contribution < 1.29 is 9.53 Å². The topological polar surface area (TPSA) is 26.3 Å². The third-order valence-corrected chi connectivity index (χ3v) is 6.42. The Bertz CT molecular complexity index is 364. The maximum Gasteiger partial charge on any atom is 0.162 e. The van der Waals surface area contributed by atoms with Crippen LogP contribution < -0.4 is 0 Å². The van der Waals surface area contributed by atoms with Crippen LogP contribution >= 0.6 is 0 Å². The van der Waals surface area contributed by atoms with Crippen LogP contribution in [-0.4, -0.2) is 18.0 Å². The van der Waals surface area contributed by atoms with E-state index in [-0.39, 0.29) is 16.9 Å². The lowest BCUT2D eigenvalue weighted by Gasteiger charge is -2.58. The predicted molar refractivity (Wildman–Crippen MR) is 66.7 cm³/mol. The number of hydrogen-bond acceptors (Lipinski definition) is 2. The van der Waals surface area contributed by atoms with Crippen molar-refractivity contribution in [2.45, 2.75) is 65.6 Å². The fraction of sp³-hybridized carbons (Fsp3) is 0.933. The van der Waals surface area contributed by atoms with Crippen molar-refractivity contribution in [3.63, 3.8) is 0 Å². The van der Waals surface area contributed by atoms with Gasteiger partial charge in [-0.1, -0.05) is 27.7 Å². The van der Waals surface area contributed by atoms with Crippen molar-refractivity contribution in [3.05, 3.63) is 0 Å². The number of ether oxygens (including phenoxy) is 1. The molecule has 2 aliphatic carbocycles. The summed E-state index contributed by atoms with van der Waals surface area (Å²) < 4.78 is 6.19. The van der Waals surface area contributed by atoms with Crippen LogP contribution in [-0.2, 0) is 9.53 Å².